The molecule has 0 aliphatic heterocycles. The first-order valence-electron chi connectivity index (χ1n) is 7.19. The first-order valence-corrected chi connectivity index (χ1v) is 7.19. The van der Waals surface area contributed by atoms with Crippen molar-refractivity contribution < 1.29 is 0 Å². The van der Waals surface area contributed by atoms with Gasteiger partial charge in [0.15, 0.2) is 0 Å². The fourth-order valence-electron chi connectivity index (χ4n) is 3.23. The van der Waals surface area contributed by atoms with Gasteiger partial charge in [-0.1, -0.05) is 48.6 Å². The van der Waals surface area contributed by atoms with Crippen molar-refractivity contribution in [1.29, 1.82) is 0 Å². The summed E-state index contributed by atoms with van der Waals surface area (Å²) in [6.07, 6.45) is 28.5. The third-order valence-electron chi connectivity index (χ3n) is 4.19. The highest BCUT2D eigenvalue weighted by Gasteiger charge is 2.49. The van der Waals surface area contributed by atoms with E-state index in [4.69, 9.17) is 0 Å². The van der Waals surface area contributed by atoms with Crippen LogP contribution in [0.15, 0.2) is 48.6 Å². The van der Waals surface area contributed by atoms with Crippen molar-refractivity contribution in [2.75, 3.05) is 0 Å². The van der Waals surface area contributed by atoms with Crippen molar-refractivity contribution in [2.24, 2.45) is 0 Å². The van der Waals surface area contributed by atoms with E-state index in [1.807, 2.05) is 0 Å². The van der Waals surface area contributed by atoms with Crippen LogP contribution in [-0.4, -0.2) is 0 Å². The van der Waals surface area contributed by atoms with Crippen molar-refractivity contribution in [3.8, 4) is 0 Å². The van der Waals surface area contributed by atoms with E-state index >= 15 is 0 Å². The van der Waals surface area contributed by atoms with Gasteiger partial charge < -0.3 is 0 Å². The molecule has 0 atom stereocenters. The van der Waals surface area contributed by atoms with E-state index < -0.39 is 0 Å². The van der Waals surface area contributed by atoms with Crippen LogP contribution in [0.5, 0.6) is 0 Å². The molecule has 0 amide bonds. The number of rotatable bonds is 3. The van der Waals surface area contributed by atoms with Crippen LogP contribution < -0.4 is 0 Å². The molecule has 0 aromatic rings. The Morgan fingerprint density at radius 1 is 0.550 bits per heavy atom. The first kappa shape index (κ1) is 12.7. The molecule has 0 nitrogen and oxygen atoms in total. The Labute approximate surface area is 123 Å². The van der Waals surface area contributed by atoms with Crippen LogP contribution in [0, 0.1) is 61.2 Å². The summed E-state index contributed by atoms with van der Waals surface area (Å²) in [6.45, 7) is 0. The Morgan fingerprint density at radius 3 is 1.60 bits per heavy atom. The van der Waals surface area contributed by atoms with E-state index in [9.17, 15) is 0 Å². The summed E-state index contributed by atoms with van der Waals surface area (Å²) in [5, 5.41) is 0. The topological polar surface area (TPSA) is 0 Å². The molecular formula is C20H16. The zero-order chi connectivity index (χ0) is 13.4. The Kier molecular flexibility index (Phi) is 3.42. The normalized spacial score (nSPS) is 28.6. The summed E-state index contributed by atoms with van der Waals surface area (Å²) in [5.74, 6) is 8.54. The quantitative estimate of drug-likeness (QED) is 0.706. The van der Waals surface area contributed by atoms with Gasteiger partial charge in [-0.3, -0.25) is 0 Å². The lowest BCUT2D eigenvalue weighted by molar-refractivity contribution is 0.789. The molecule has 2 fully saturated rings. The molecule has 0 heteroatoms. The maximum Gasteiger partial charge on any atom is 0.0209 e. The molecule has 0 unspecified atom stereocenters. The molecule has 4 aliphatic carbocycles. The van der Waals surface area contributed by atoms with Gasteiger partial charge in [0, 0.05) is 23.7 Å². The van der Waals surface area contributed by atoms with Gasteiger partial charge in [0.25, 0.3) is 0 Å². The minimum atomic E-state index is 1.11. The lowest BCUT2D eigenvalue weighted by atomic mass is 9.80. The van der Waals surface area contributed by atoms with Gasteiger partial charge in [-0.05, 0) is 50.4 Å². The summed E-state index contributed by atoms with van der Waals surface area (Å²) in [7, 11) is 0. The van der Waals surface area contributed by atoms with E-state index in [0.717, 1.165) is 12.8 Å². The standard InChI is InChI=1S/C20H16/c1-2-8-15(7-1)13-14-20-18-11-5-3-9-16(18)17-10-4-6-12-19(17)20/h1-12H,13-14H2. The smallest absolute Gasteiger partial charge is 0.0209 e. The van der Waals surface area contributed by atoms with Crippen molar-refractivity contribution in [3.63, 3.8) is 0 Å². The Morgan fingerprint density at radius 2 is 1.05 bits per heavy atom. The zero-order valence-electron chi connectivity index (χ0n) is 11.3. The van der Waals surface area contributed by atoms with E-state index in [2.05, 4.69) is 74.3 Å². The van der Waals surface area contributed by atoms with Crippen LogP contribution in [0.25, 0.3) is 0 Å². The van der Waals surface area contributed by atoms with Gasteiger partial charge in [-0.15, -0.1) is 0 Å². The third kappa shape index (κ3) is 2.14. The van der Waals surface area contributed by atoms with Crippen LogP contribution in [0.3, 0.4) is 0 Å². The molecule has 0 aromatic carbocycles. The van der Waals surface area contributed by atoms with Crippen LogP contribution in [0.2, 0.25) is 0 Å². The van der Waals surface area contributed by atoms with Gasteiger partial charge in [0.1, 0.15) is 0 Å². The Balaban J connectivity index is 1.51. The highest BCUT2D eigenvalue weighted by atomic mass is 14.5. The number of hydrogen-bond acceptors (Lipinski definition) is 0. The third-order valence-corrected chi connectivity index (χ3v) is 4.19. The molecule has 4 rings (SSSR count). The minimum absolute atomic E-state index is 1.11. The predicted molar refractivity (Wildman–Crippen MR) is 82.5 cm³/mol. The van der Waals surface area contributed by atoms with Gasteiger partial charge >= 0.3 is 0 Å². The Bertz CT molecular complexity index is 424. The molecule has 0 spiro atoms. The van der Waals surface area contributed by atoms with Crippen LogP contribution in [0.4, 0.5) is 0 Å². The summed E-state index contributed by atoms with van der Waals surface area (Å²) in [4.78, 5) is 0. The fraction of sp³-hybridized carbons (Fsp3) is 0.100. The van der Waals surface area contributed by atoms with Gasteiger partial charge in [0.05, 0.1) is 0 Å². The van der Waals surface area contributed by atoms with Gasteiger partial charge in [-0.2, -0.15) is 0 Å². The lowest BCUT2D eigenvalue weighted by Gasteiger charge is -2.23. The number of hydrogen-bond donors (Lipinski definition) is 0. The predicted octanol–water partition coefficient (Wildman–Crippen LogP) is 4.31. The van der Waals surface area contributed by atoms with Crippen molar-refractivity contribution >= 4 is 0 Å². The average molecular weight is 256 g/mol. The summed E-state index contributed by atoms with van der Waals surface area (Å²) < 4.78 is 0. The van der Waals surface area contributed by atoms with E-state index in [1.165, 1.54) is 35.5 Å². The van der Waals surface area contributed by atoms with E-state index in [0.29, 0.717) is 0 Å². The van der Waals surface area contributed by atoms with E-state index in [-0.39, 0.29) is 0 Å². The fourth-order valence-corrected chi connectivity index (χ4v) is 3.23. The molecule has 0 heterocycles. The molecule has 0 bridgehead atoms. The largest absolute Gasteiger partial charge is 0.0758 e. The molecule has 96 valence electrons. The highest BCUT2D eigenvalue weighted by molar-refractivity contribution is 5.76. The van der Waals surface area contributed by atoms with Gasteiger partial charge in [0.2, 0.25) is 0 Å². The molecule has 0 saturated heterocycles. The number of fused-ring (bicyclic) bond motifs is 3. The molecule has 20 heavy (non-hydrogen) atoms. The summed E-state index contributed by atoms with van der Waals surface area (Å²) in [5.41, 5.74) is 0. The maximum atomic E-state index is 2.26. The number of allylic oxidation sites excluding steroid dienone is 8. The second-order valence-electron chi connectivity index (χ2n) is 5.36. The van der Waals surface area contributed by atoms with Crippen molar-refractivity contribution in [2.45, 2.75) is 12.8 Å². The van der Waals surface area contributed by atoms with Crippen LogP contribution in [-0.2, 0) is 0 Å². The average Bonchev–Trinajstić information content (AvgIpc) is 3.11. The highest BCUT2D eigenvalue weighted by Crippen LogP contribution is 2.59. The SMILES string of the molecule is [CH]1[CH][CH][C](CC[C]2[C]3C=CC=C[C]3[C]3C=CC=C[C]32)[CH]1. The van der Waals surface area contributed by atoms with Crippen LogP contribution >= 0.6 is 0 Å². The molecule has 0 N–H and O–H groups in total. The molecule has 2 saturated carbocycles. The summed E-state index contributed by atoms with van der Waals surface area (Å²) in [6, 6.07) is 0. The summed E-state index contributed by atoms with van der Waals surface area (Å²) >= 11 is 0. The van der Waals surface area contributed by atoms with Gasteiger partial charge in [-0.25, -0.2) is 0 Å². The Hall–Kier alpha value is -1.04. The second kappa shape index (κ2) is 5.39. The molecular weight excluding hydrogens is 240 g/mol. The zero-order valence-corrected chi connectivity index (χ0v) is 11.3. The van der Waals surface area contributed by atoms with E-state index in [1.54, 1.807) is 0 Å². The maximum absolute atomic E-state index is 2.26. The minimum Gasteiger partial charge on any atom is -0.0758 e. The van der Waals surface area contributed by atoms with Crippen LogP contribution in [0.1, 0.15) is 12.8 Å². The molecule has 10 radical (unpaired) electrons. The monoisotopic (exact) mass is 256 g/mol. The molecule has 0 aromatic heterocycles. The van der Waals surface area contributed by atoms with Crippen molar-refractivity contribution in [1.82, 2.24) is 0 Å². The first-order chi connectivity index (χ1) is 9.93. The van der Waals surface area contributed by atoms with Crippen molar-refractivity contribution in [3.05, 3.63) is 110 Å². The molecule has 4 aliphatic rings. The second-order valence-corrected chi connectivity index (χ2v) is 5.36. The lowest BCUT2D eigenvalue weighted by Crippen LogP contribution is -2.11.